The Morgan fingerprint density at radius 1 is 0.970 bits per heavy atom. The summed E-state index contributed by atoms with van der Waals surface area (Å²) in [5.41, 5.74) is 2.39. The molecular formula is C25H29N3O4S. The van der Waals surface area contributed by atoms with Crippen molar-refractivity contribution in [2.24, 2.45) is 0 Å². The van der Waals surface area contributed by atoms with Gasteiger partial charge in [-0.15, -0.1) is 0 Å². The first-order chi connectivity index (χ1) is 15.7. The Morgan fingerprint density at radius 3 is 2.45 bits per heavy atom. The van der Waals surface area contributed by atoms with E-state index in [4.69, 9.17) is 0 Å². The zero-order valence-corrected chi connectivity index (χ0v) is 19.9. The van der Waals surface area contributed by atoms with Gasteiger partial charge in [-0.25, -0.2) is 8.42 Å². The van der Waals surface area contributed by atoms with E-state index in [-0.39, 0.29) is 23.3 Å². The first kappa shape index (κ1) is 22.1. The zero-order chi connectivity index (χ0) is 23.4. The summed E-state index contributed by atoms with van der Waals surface area (Å²) in [5, 5.41) is 0. The predicted molar refractivity (Wildman–Crippen MR) is 127 cm³/mol. The lowest BCUT2D eigenvalue weighted by molar-refractivity contribution is -0.124. The Balaban J connectivity index is 1.44. The highest BCUT2D eigenvalue weighted by molar-refractivity contribution is 7.89. The number of piperidine rings is 1. The van der Waals surface area contributed by atoms with Gasteiger partial charge < -0.3 is 9.80 Å². The van der Waals surface area contributed by atoms with Crippen LogP contribution >= 0.6 is 0 Å². The first-order valence-electron chi connectivity index (χ1n) is 11.6. The monoisotopic (exact) mass is 467 g/mol. The van der Waals surface area contributed by atoms with Gasteiger partial charge in [0.15, 0.2) is 0 Å². The van der Waals surface area contributed by atoms with Gasteiger partial charge in [0.25, 0.3) is 0 Å². The summed E-state index contributed by atoms with van der Waals surface area (Å²) in [4.78, 5) is 30.0. The fraction of sp³-hybridized carbons (Fsp3) is 0.440. The normalized spacial score (nSPS) is 20.1. The number of fused-ring (bicyclic) bond motifs is 2. The summed E-state index contributed by atoms with van der Waals surface area (Å²) in [6.07, 6.45) is 3.57. The van der Waals surface area contributed by atoms with Gasteiger partial charge >= 0.3 is 0 Å². The lowest BCUT2D eigenvalue weighted by Crippen LogP contribution is -2.44. The number of amides is 2. The molecule has 0 atom stereocenters. The van der Waals surface area contributed by atoms with Gasteiger partial charge in [0.05, 0.1) is 10.3 Å². The molecule has 1 fully saturated rings. The van der Waals surface area contributed by atoms with E-state index in [1.54, 1.807) is 36.9 Å². The van der Waals surface area contributed by atoms with Crippen LogP contribution in [0.3, 0.4) is 0 Å². The van der Waals surface area contributed by atoms with Crippen molar-refractivity contribution in [1.82, 2.24) is 4.31 Å². The number of benzene rings is 2. The SMILES string of the molecule is CC1(C)C(=O)N(CC(=O)N2CCc3ccccc32)c2ccc(S(=O)(=O)N3CCCCC3)cc21. The highest BCUT2D eigenvalue weighted by Gasteiger charge is 2.46. The number of hydrogen-bond acceptors (Lipinski definition) is 4. The molecule has 0 radical (unpaired) electrons. The second-order valence-corrected chi connectivity index (χ2v) is 11.5. The summed E-state index contributed by atoms with van der Waals surface area (Å²) in [5.74, 6) is -0.326. The molecule has 0 aromatic heterocycles. The van der Waals surface area contributed by atoms with Crippen molar-refractivity contribution in [3.05, 3.63) is 53.6 Å². The summed E-state index contributed by atoms with van der Waals surface area (Å²) in [7, 11) is -3.61. The van der Waals surface area contributed by atoms with Crippen molar-refractivity contribution in [3.8, 4) is 0 Å². The first-order valence-corrected chi connectivity index (χ1v) is 13.0. The van der Waals surface area contributed by atoms with Crippen LogP contribution in [0, 0.1) is 0 Å². The van der Waals surface area contributed by atoms with Crippen LogP contribution in [0.5, 0.6) is 0 Å². The molecule has 7 nitrogen and oxygen atoms in total. The number of sulfonamides is 1. The molecule has 0 aliphatic carbocycles. The fourth-order valence-corrected chi connectivity index (χ4v) is 6.75. The molecule has 2 aromatic rings. The molecule has 2 aromatic carbocycles. The number of carbonyl (C=O) groups is 2. The quantitative estimate of drug-likeness (QED) is 0.692. The minimum absolute atomic E-state index is 0.0676. The molecule has 5 rings (SSSR count). The molecule has 8 heteroatoms. The number of nitrogens with zero attached hydrogens (tertiary/aromatic N) is 3. The Morgan fingerprint density at radius 2 is 1.70 bits per heavy atom. The van der Waals surface area contributed by atoms with E-state index in [0.717, 1.165) is 36.9 Å². The van der Waals surface area contributed by atoms with E-state index in [0.29, 0.717) is 30.9 Å². The molecule has 0 saturated carbocycles. The van der Waals surface area contributed by atoms with Crippen LogP contribution in [0.1, 0.15) is 44.2 Å². The third kappa shape index (κ3) is 3.56. The van der Waals surface area contributed by atoms with Crippen molar-refractivity contribution in [2.75, 3.05) is 36.0 Å². The van der Waals surface area contributed by atoms with Gasteiger partial charge in [-0.3, -0.25) is 9.59 Å². The minimum atomic E-state index is -3.61. The molecule has 0 bridgehead atoms. The van der Waals surface area contributed by atoms with Crippen molar-refractivity contribution < 1.29 is 18.0 Å². The fourth-order valence-electron chi connectivity index (χ4n) is 5.20. The van der Waals surface area contributed by atoms with Gasteiger partial charge in [-0.2, -0.15) is 4.31 Å². The second kappa shape index (κ2) is 7.95. The summed E-state index contributed by atoms with van der Waals surface area (Å²) in [6.45, 7) is 5.17. The molecule has 33 heavy (non-hydrogen) atoms. The van der Waals surface area contributed by atoms with Gasteiger partial charge in [0.2, 0.25) is 21.8 Å². The maximum absolute atomic E-state index is 13.3. The highest BCUT2D eigenvalue weighted by atomic mass is 32.2. The molecule has 0 N–H and O–H groups in total. The maximum atomic E-state index is 13.3. The average molecular weight is 468 g/mol. The third-order valence-corrected chi connectivity index (χ3v) is 9.04. The Hall–Kier alpha value is -2.71. The topological polar surface area (TPSA) is 78.0 Å². The molecule has 2 amide bonds. The van der Waals surface area contributed by atoms with Gasteiger partial charge in [0, 0.05) is 31.0 Å². The standard InChI is InChI=1S/C25H29N3O4S/c1-25(2)20-16-19(33(31,32)26-13-6-3-7-14-26)10-11-22(20)28(24(25)30)17-23(29)27-15-12-18-8-4-5-9-21(18)27/h4-5,8-11,16H,3,6-7,12-15,17H2,1-2H3. The summed E-state index contributed by atoms with van der Waals surface area (Å²) < 4.78 is 27.9. The molecule has 1 saturated heterocycles. The second-order valence-electron chi connectivity index (χ2n) is 9.58. The van der Waals surface area contributed by atoms with Crippen molar-refractivity contribution >= 4 is 33.2 Å². The Bertz CT molecular complexity index is 1230. The molecule has 3 heterocycles. The van der Waals surface area contributed by atoms with Crippen LogP contribution in [-0.4, -0.2) is 50.7 Å². The highest BCUT2D eigenvalue weighted by Crippen LogP contribution is 2.43. The molecule has 3 aliphatic rings. The smallest absolute Gasteiger partial charge is 0.247 e. The van der Waals surface area contributed by atoms with Crippen molar-refractivity contribution in [2.45, 2.75) is 49.8 Å². The van der Waals surface area contributed by atoms with Crippen LogP contribution in [-0.2, 0) is 31.4 Å². The minimum Gasteiger partial charge on any atom is -0.310 e. The largest absolute Gasteiger partial charge is 0.310 e. The third-order valence-electron chi connectivity index (χ3n) is 7.15. The number of hydrogen-bond donors (Lipinski definition) is 0. The molecule has 174 valence electrons. The van der Waals surface area contributed by atoms with E-state index < -0.39 is 15.4 Å². The van der Waals surface area contributed by atoms with E-state index in [2.05, 4.69) is 0 Å². The van der Waals surface area contributed by atoms with E-state index in [9.17, 15) is 18.0 Å². The number of anilines is 2. The zero-order valence-electron chi connectivity index (χ0n) is 19.1. The number of rotatable bonds is 4. The van der Waals surface area contributed by atoms with E-state index >= 15 is 0 Å². The van der Waals surface area contributed by atoms with Crippen molar-refractivity contribution in [3.63, 3.8) is 0 Å². The molecular weight excluding hydrogens is 438 g/mol. The number of para-hydroxylation sites is 1. The molecule has 0 spiro atoms. The lowest BCUT2D eigenvalue weighted by atomic mass is 9.86. The van der Waals surface area contributed by atoms with Gasteiger partial charge in [0.1, 0.15) is 6.54 Å². The molecule has 0 unspecified atom stereocenters. The summed E-state index contributed by atoms with van der Waals surface area (Å²) in [6, 6.07) is 12.7. The van der Waals surface area contributed by atoms with Gasteiger partial charge in [-0.05, 0) is 68.5 Å². The van der Waals surface area contributed by atoms with Gasteiger partial charge in [-0.1, -0.05) is 24.6 Å². The van der Waals surface area contributed by atoms with Crippen LogP contribution in [0.4, 0.5) is 11.4 Å². The Kier molecular flexibility index (Phi) is 5.33. The van der Waals surface area contributed by atoms with Crippen LogP contribution in [0.25, 0.3) is 0 Å². The van der Waals surface area contributed by atoms with Crippen LogP contribution in [0.2, 0.25) is 0 Å². The van der Waals surface area contributed by atoms with E-state index in [1.807, 2.05) is 24.3 Å². The molecule has 3 aliphatic heterocycles. The predicted octanol–water partition coefficient (Wildman–Crippen LogP) is 3.07. The van der Waals surface area contributed by atoms with Crippen LogP contribution < -0.4 is 9.80 Å². The summed E-state index contributed by atoms with van der Waals surface area (Å²) >= 11 is 0. The Labute approximate surface area is 195 Å². The van der Waals surface area contributed by atoms with Crippen molar-refractivity contribution in [1.29, 1.82) is 0 Å². The van der Waals surface area contributed by atoms with Crippen LogP contribution in [0.15, 0.2) is 47.4 Å². The maximum Gasteiger partial charge on any atom is 0.247 e. The average Bonchev–Trinajstić information content (AvgIpc) is 3.33. The number of carbonyl (C=O) groups excluding carboxylic acids is 2. The van der Waals surface area contributed by atoms with E-state index in [1.165, 1.54) is 9.21 Å². The lowest BCUT2D eigenvalue weighted by Gasteiger charge is -2.26.